The number of piperidine rings is 1. The molecule has 2 aromatic carbocycles. The molecule has 0 saturated carbocycles. The van der Waals surface area contributed by atoms with Crippen molar-refractivity contribution >= 4 is 29.3 Å². The van der Waals surface area contributed by atoms with Crippen molar-refractivity contribution in [2.24, 2.45) is 5.92 Å². The van der Waals surface area contributed by atoms with Crippen molar-refractivity contribution in [3.8, 4) is 11.4 Å². The van der Waals surface area contributed by atoms with Crippen LogP contribution in [0.1, 0.15) is 24.3 Å². The summed E-state index contributed by atoms with van der Waals surface area (Å²) in [5, 5.41) is 7.84. The molecule has 1 amide bonds. The van der Waals surface area contributed by atoms with Crippen LogP contribution in [0.5, 0.6) is 0 Å². The number of carbonyl (C=O) groups is 1. The molecule has 32 heavy (non-hydrogen) atoms. The van der Waals surface area contributed by atoms with Crippen molar-refractivity contribution < 1.29 is 9.32 Å². The lowest BCUT2D eigenvalue weighted by Gasteiger charge is -2.30. The van der Waals surface area contributed by atoms with Gasteiger partial charge in [-0.05, 0) is 69.3 Å². The lowest BCUT2D eigenvalue weighted by molar-refractivity contribution is -0.126. The molecule has 0 atom stereocenters. The van der Waals surface area contributed by atoms with E-state index in [1.807, 2.05) is 24.3 Å². The Balaban J connectivity index is 1.17. The third kappa shape index (κ3) is 6.34. The number of rotatable bonds is 8. The Bertz CT molecular complexity index is 1020. The molecule has 1 N–H and O–H groups in total. The summed E-state index contributed by atoms with van der Waals surface area (Å²) in [6.07, 6.45) is 1.68. The fourth-order valence-electron chi connectivity index (χ4n) is 3.70. The van der Waals surface area contributed by atoms with E-state index in [9.17, 15) is 4.79 Å². The van der Waals surface area contributed by atoms with E-state index in [1.165, 1.54) is 10.5 Å². The first-order valence-corrected chi connectivity index (χ1v) is 12.2. The van der Waals surface area contributed by atoms with Gasteiger partial charge in [-0.1, -0.05) is 34.5 Å². The van der Waals surface area contributed by atoms with Gasteiger partial charge in [0.15, 0.2) is 0 Å². The minimum absolute atomic E-state index is 0.0722. The maximum absolute atomic E-state index is 12.5. The van der Waals surface area contributed by atoms with Crippen LogP contribution in [0.2, 0.25) is 5.02 Å². The summed E-state index contributed by atoms with van der Waals surface area (Å²) in [5.74, 6) is 2.26. The lowest BCUT2D eigenvalue weighted by Crippen LogP contribution is -2.40. The number of aryl methyl sites for hydroxylation is 1. The van der Waals surface area contributed by atoms with Gasteiger partial charge in [-0.3, -0.25) is 9.69 Å². The summed E-state index contributed by atoms with van der Waals surface area (Å²) in [5.41, 5.74) is 2.13. The molecule has 0 bridgehead atoms. The summed E-state index contributed by atoms with van der Waals surface area (Å²) < 4.78 is 5.42. The van der Waals surface area contributed by atoms with Crippen molar-refractivity contribution in [2.75, 3.05) is 25.4 Å². The van der Waals surface area contributed by atoms with Crippen LogP contribution in [0.25, 0.3) is 11.4 Å². The van der Waals surface area contributed by atoms with Gasteiger partial charge in [0, 0.05) is 33.7 Å². The molecule has 1 fully saturated rings. The van der Waals surface area contributed by atoms with Crippen LogP contribution in [-0.2, 0) is 11.3 Å². The van der Waals surface area contributed by atoms with Crippen molar-refractivity contribution in [1.29, 1.82) is 0 Å². The second-order valence-corrected chi connectivity index (χ2v) is 9.63. The van der Waals surface area contributed by atoms with E-state index in [4.69, 9.17) is 16.1 Å². The highest BCUT2D eigenvalue weighted by Crippen LogP contribution is 2.22. The van der Waals surface area contributed by atoms with Crippen LogP contribution in [-0.4, -0.2) is 46.3 Å². The van der Waals surface area contributed by atoms with Crippen LogP contribution in [0.3, 0.4) is 0 Å². The number of halogens is 1. The van der Waals surface area contributed by atoms with Gasteiger partial charge in [0.1, 0.15) is 0 Å². The van der Waals surface area contributed by atoms with Gasteiger partial charge in [0.25, 0.3) is 0 Å². The highest BCUT2D eigenvalue weighted by atomic mass is 35.5. The molecule has 1 saturated heterocycles. The minimum Gasteiger partial charge on any atom is -0.355 e. The predicted molar refractivity (Wildman–Crippen MR) is 128 cm³/mol. The van der Waals surface area contributed by atoms with Crippen LogP contribution >= 0.6 is 23.4 Å². The van der Waals surface area contributed by atoms with E-state index >= 15 is 0 Å². The van der Waals surface area contributed by atoms with Gasteiger partial charge in [-0.2, -0.15) is 4.98 Å². The van der Waals surface area contributed by atoms with Gasteiger partial charge in [-0.25, -0.2) is 0 Å². The Morgan fingerprint density at radius 3 is 2.59 bits per heavy atom. The largest absolute Gasteiger partial charge is 0.355 e. The zero-order valence-corrected chi connectivity index (χ0v) is 19.7. The number of hydrogen-bond acceptors (Lipinski definition) is 6. The van der Waals surface area contributed by atoms with E-state index in [-0.39, 0.29) is 11.8 Å². The number of nitrogens with zero attached hydrogens (tertiary/aromatic N) is 3. The first-order chi connectivity index (χ1) is 15.6. The van der Waals surface area contributed by atoms with Crippen molar-refractivity contribution in [3.63, 3.8) is 0 Å². The molecular formula is C24H27ClN4O2S. The summed E-state index contributed by atoms with van der Waals surface area (Å²) in [6.45, 7) is 5.06. The number of carbonyl (C=O) groups excluding carboxylic acids is 1. The second kappa shape index (κ2) is 11.0. The molecule has 0 spiro atoms. The van der Waals surface area contributed by atoms with E-state index < -0.39 is 0 Å². The molecule has 0 radical (unpaired) electrons. The van der Waals surface area contributed by atoms with E-state index in [0.717, 1.165) is 37.2 Å². The topological polar surface area (TPSA) is 71.3 Å². The Morgan fingerprint density at radius 1 is 1.16 bits per heavy atom. The highest BCUT2D eigenvalue weighted by molar-refractivity contribution is 7.99. The number of hydrogen-bond donors (Lipinski definition) is 1. The van der Waals surface area contributed by atoms with Gasteiger partial charge in [0.05, 0.1) is 6.54 Å². The first kappa shape index (κ1) is 22.8. The molecule has 0 unspecified atom stereocenters. The number of thioether (sulfide) groups is 1. The smallest absolute Gasteiger partial charge is 0.241 e. The maximum atomic E-state index is 12.5. The number of amides is 1. The second-order valence-electron chi connectivity index (χ2n) is 8.02. The van der Waals surface area contributed by atoms with E-state index in [0.29, 0.717) is 29.8 Å². The van der Waals surface area contributed by atoms with Gasteiger partial charge in [0.2, 0.25) is 17.6 Å². The normalized spacial score (nSPS) is 15.1. The zero-order chi connectivity index (χ0) is 22.3. The molecule has 1 aliphatic heterocycles. The molecule has 4 rings (SSSR count). The van der Waals surface area contributed by atoms with Gasteiger partial charge in [-0.15, -0.1) is 11.8 Å². The standard InChI is InChI=1S/C24H27ClN4O2S/c1-17-2-8-21(9-3-17)32-15-12-26-24(30)19-10-13-29(14-11-19)16-22-27-23(28-31-22)18-4-6-20(25)7-5-18/h2-9,19H,10-16H2,1H3,(H,26,30). The van der Waals surface area contributed by atoms with Crippen molar-refractivity contribution in [1.82, 2.24) is 20.4 Å². The quantitative estimate of drug-likeness (QED) is 0.376. The Morgan fingerprint density at radius 2 is 1.88 bits per heavy atom. The fourth-order valence-corrected chi connectivity index (χ4v) is 4.60. The molecule has 2 heterocycles. The third-order valence-electron chi connectivity index (χ3n) is 5.58. The molecule has 0 aliphatic carbocycles. The molecule has 8 heteroatoms. The van der Waals surface area contributed by atoms with Crippen LogP contribution in [0.15, 0.2) is 57.9 Å². The SMILES string of the molecule is Cc1ccc(SCCNC(=O)C2CCN(Cc3nc(-c4ccc(Cl)cc4)no3)CC2)cc1. The van der Waals surface area contributed by atoms with Crippen LogP contribution in [0, 0.1) is 12.8 Å². The molecule has 1 aliphatic rings. The van der Waals surface area contributed by atoms with Crippen LogP contribution in [0.4, 0.5) is 0 Å². The highest BCUT2D eigenvalue weighted by Gasteiger charge is 2.25. The summed E-state index contributed by atoms with van der Waals surface area (Å²) in [4.78, 5) is 20.5. The van der Waals surface area contributed by atoms with Crippen LogP contribution < -0.4 is 5.32 Å². The van der Waals surface area contributed by atoms with Crippen molar-refractivity contribution in [3.05, 3.63) is 65.0 Å². The fraction of sp³-hybridized carbons (Fsp3) is 0.375. The average molecular weight is 471 g/mol. The number of benzene rings is 2. The average Bonchev–Trinajstić information content (AvgIpc) is 3.27. The zero-order valence-electron chi connectivity index (χ0n) is 18.1. The lowest BCUT2D eigenvalue weighted by atomic mass is 9.96. The Hall–Kier alpha value is -2.35. The summed E-state index contributed by atoms with van der Waals surface area (Å²) in [7, 11) is 0. The molecule has 6 nitrogen and oxygen atoms in total. The molecule has 3 aromatic rings. The molecule has 168 valence electrons. The Kier molecular flexibility index (Phi) is 7.84. The third-order valence-corrected chi connectivity index (χ3v) is 6.84. The first-order valence-electron chi connectivity index (χ1n) is 10.8. The summed E-state index contributed by atoms with van der Waals surface area (Å²) in [6, 6.07) is 15.8. The number of aromatic nitrogens is 2. The van der Waals surface area contributed by atoms with E-state index in [2.05, 4.69) is 51.5 Å². The Labute approximate surface area is 197 Å². The monoisotopic (exact) mass is 470 g/mol. The number of nitrogens with one attached hydrogen (secondary N) is 1. The maximum Gasteiger partial charge on any atom is 0.241 e. The number of likely N-dealkylation sites (tertiary alicyclic amines) is 1. The molecular weight excluding hydrogens is 444 g/mol. The van der Waals surface area contributed by atoms with Gasteiger partial charge < -0.3 is 9.84 Å². The van der Waals surface area contributed by atoms with Gasteiger partial charge >= 0.3 is 0 Å². The molecule has 1 aromatic heterocycles. The van der Waals surface area contributed by atoms with Crippen molar-refractivity contribution in [2.45, 2.75) is 31.2 Å². The predicted octanol–water partition coefficient (Wildman–Crippen LogP) is 4.82. The van der Waals surface area contributed by atoms with E-state index in [1.54, 1.807) is 11.8 Å². The summed E-state index contributed by atoms with van der Waals surface area (Å²) >= 11 is 7.70. The minimum atomic E-state index is 0.0722.